The van der Waals surface area contributed by atoms with Crippen molar-refractivity contribution in [3.63, 3.8) is 0 Å². The first-order valence-electron chi connectivity index (χ1n) is 4.73. The molecule has 1 aromatic rings. The molecule has 0 aliphatic heterocycles. The molecule has 0 spiro atoms. The van der Waals surface area contributed by atoms with E-state index in [1.165, 1.54) is 6.20 Å². The molecule has 17 heavy (non-hydrogen) atoms. The van der Waals surface area contributed by atoms with Gasteiger partial charge in [-0.1, -0.05) is 0 Å². The molecule has 8 heteroatoms. The van der Waals surface area contributed by atoms with E-state index in [1.54, 1.807) is 0 Å². The van der Waals surface area contributed by atoms with Crippen molar-refractivity contribution in [3.8, 4) is 0 Å². The average Bonchev–Trinajstić information content (AvgIpc) is 2.20. The number of carboxylic acid groups (broad SMARTS) is 1. The van der Waals surface area contributed by atoms with Crippen LogP contribution >= 0.6 is 27.5 Å². The lowest BCUT2D eigenvalue weighted by atomic mass is 10.1. The second-order valence-corrected chi connectivity index (χ2v) is 5.20. The minimum Gasteiger partial charge on any atom is -0.465 e. The van der Waals surface area contributed by atoms with E-state index in [-0.39, 0.29) is 11.8 Å². The van der Waals surface area contributed by atoms with E-state index < -0.39 is 11.6 Å². The van der Waals surface area contributed by atoms with E-state index in [0.717, 1.165) is 0 Å². The van der Waals surface area contributed by atoms with Crippen LogP contribution in [0.3, 0.4) is 0 Å². The van der Waals surface area contributed by atoms with E-state index >= 15 is 0 Å². The highest BCUT2D eigenvalue weighted by Gasteiger charge is 2.20. The highest BCUT2D eigenvalue weighted by molar-refractivity contribution is 9.10. The van der Waals surface area contributed by atoms with Gasteiger partial charge in [-0.15, -0.1) is 0 Å². The van der Waals surface area contributed by atoms with Crippen LogP contribution in [0.2, 0.25) is 5.28 Å². The van der Waals surface area contributed by atoms with Crippen molar-refractivity contribution in [3.05, 3.63) is 16.0 Å². The van der Waals surface area contributed by atoms with Crippen molar-refractivity contribution in [2.45, 2.75) is 19.4 Å². The van der Waals surface area contributed by atoms with Crippen molar-refractivity contribution in [1.82, 2.24) is 15.3 Å². The standard InChI is InChI=1S/C9H12BrClN4O2/c1-9(2,4-13-8(16)17)15-6-5(10)3-12-7(11)14-6/h3,13H,4H2,1-2H3,(H,16,17)(H,12,14,15). The van der Waals surface area contributed by atoms with Gasteiger partial charge in [0.15, 0.2) is 0 Å². The van der Waals surface area contributed by atoms with Crippen LogP contribution in [0, 0.1) is 0 Å². The molecule has 0 aromatic carbocycles. The average molecular weight is 324 g/mol. The van der Waals surface area contributed by atoms with Crippen LogP contribution in [0.4, 0.5) is 10.6 Å². The number of anilines is 1. The molecule has 0 bridgehead atoms. The van der Waals surface area contributed by atoms with Crippen molar-refractivity contribution in [2.75, 3.05) is 11.9 Å². The molecule has 3 N–H and O–H groups in total. The third-order valence-corrected chi connectivity index (χ3v) is 2.62. The van der Waals surface area contributed by atoms with Crippen molar-refractivity contribution >= 4 is 39.4 Å². The van der Waals surface area contributed by atoms with E-state index in [9.17, 15) is 4.79 Å². The molecular formula is C9H12BrClN4O2. The molecule has 0 fully saturated rings. The summed E-state index contributed by atoms with van der Waals surface area (Å²) in [5, 5.41) is 14.0. The van der Waals surface area contributed by atoms with Gasteiger partial charge < -0.3 is 15.7 Å². The molecule has 1 amide bonds. The van der Waals surface area contributed by atoms with E-state index in [2.05, 4.69) is 36.5 Å². The van der Waals surface area contributed by atoms with E-state index in [0.29, 0.717) is 10.3 Å². The summed E-state index contributed by atoms with van der Waals surface area (Å²) in [6.07, 6.45) is 0.456. The summed E-state index contributed by atoms with van der Waals surface area (Å²) in [4.78, 5) is 18.2. The second-order valence-electron chi connectivity index (χ2n) is 4.00. The highest BCUT2D eigenvalue weighted by atomic mass is 79.9. The molecule has 0 aliphatic carbocycles. The smallest absolute Gasteiger partial charge is 0.404 e. The Balaban J connectivity index is 2.74. The van der Waals surface area contributed by atoms with Crippen LogP contribution in [0.15, 0.2) is 10.7 Å². The summed E-state index contributed by atoms with van der Waals surface area (Å²) in [6, 6.07) is 0. The summed E-state index contributed by atoms with van der Waals surface area (Å²) in [7, 11) is 0. The van der Waals surface area contributed by atoms with Crippen molar-refractivity contribution in [2.24, 2.45) is 0 Å². The van der Waals surface area contributed by atoms with Crippen LogP contribution in [-0.4, -0.2) is 33.3 Å². The molecule has 94 valence electrons. The molecular weight excluding hydrogens is 311 g/mol. The van der Waals surface area contributed by atoms with Crippen molar-refractivity contribution in [1.29, 1.82) is 0 Å². The Hall–Kier alpha value is -1.08. The van der Waals surface area contributed by atoms with Crippen LogP contribution in [0.25, 0.3) is 0 Å². The Morgan fingerprint density at radius 2 is 2.29 bits per heavy atom. The number of hydrogen-bond donors (Lipinski definition) is 3. The first kappa shape index (κ1) is 14.0. The summed E-state index contributed by atoms with van der Waals surface area (Å²) >= 11 is 8.96. The SMILES string of the molecule is CC(C)(CNC(=O)O)Nc1nc(Cl)ncc1Br. The first-order valence-corrected chi connectivity index (χ1v) is 5.90. The third kappa shape index (κ3) is 4.74. The summed E-state index contributed by atoms with van der Waals surface area (Å²) < 4.78 is 0.658. The topological polar surface area (TPSA) is 87.1 Å². The number of rotatable bonds is 4. The quantitative estimate of drug-likeness (QED) is 0.740. The molecule has 0 saturated carbocycles. The van der Waals surface area contributed by atoms with Crippen LogP contribution in [-0.2, 0) is 0 Å². The zero-order chi connectivity index (χ0) is 13.1. The molecule has 0 atom stereocenters. The Kier molecular flexibility index (Phi) is 4.53. The predicted molar refractivity (Wildman–Crippen MR) is 68.5 cm³/mol. The van der Waals surface area contributed by atoms with E-state index in [4.69, 9.17) is 16.7 Å². The third-order valence-electron chi connectivity index (χ3n) is 1.85. The molecule has 0 radical (unpaired) electrons. The number of aromatic nitrogens is 2. The summed E-state index contributed by atoms with van der Waals surface area (Å²) in [5.41, 5.74) is -0.501. The van der Waals surface area contributed by atoms with Crippen LogP contribution in [0.1, 0.15) is 13.8 Å². The lowest BCUT2D eigenvalue weighted by Gasteiger charge is -2.27. The maximum Gasteiger partial charge on any atom is 0.404 e. The lowest BCUT2D eigenvalue weighted by molar-refractivity contribution is 0.192. The first-order chi connectivity index (χ1) is 7.80. The summed E-state index contributed by atoms with van der Waals surface area (Å²) in [5.74, 6) is 0.516. The Bertz CT molecular complexity index is 427. The minimum atomic E-state index is -1.07. The van der Waals surface area contributed by atoms with Gasteiger partial charge in [-0.05, 0) is 41.4 Å². The van der Waals surface area contributed by atoms with Gasteiger partial charge in [-0.25, -0.2) is 9.78 Å². The van der Waals surface area contributed by atoms with Crippen LogP contribution in [0.5, 0.6) is 0 Å². The largest absolute Gasteiger partial charge is 0.465 e. The number of nitrogens with one attached hydrogen (secondary N) is 2. The summed E-state index contributed by atoms with van der Waals surface area (Å²) in [6.45, 7) is 3.91. The molecule has 1 heterocycles. The predicted octanol–water partition coefficient (Wildman–Crippen LogP) is 2.35. The van der Waals surface area contributed by atoms with Gasteiger partial charge in [0.1, 0.15) is 5.82 Å². The monoisotopic (exact) mass is 322 g/mol. The molecule has 1 aromatic heterocycles. The second kappa shape index (κ2) is 5.50. The van der Waals surface area contributed by atoms with Gasteiger partial charge in [-0.2, -0.15) is 4.98 Å². The number of amides is 1. The minimum absolute atomic E-state index is 0.123. The Labute approximate surface area is 112 Å². The molecule has 0 aliphatic rings. The zero-order valence-corrected chi connectivity index (χ0v) is 11.6. The van der Waals surface area contributed by atoms with Gasteiger partial charge in [0.25, 0.3) is 0 Å². The molecule has 0 saturated heterocycles. The highest BCUT2D eigenvalue weighted by Crippen LogP contribution is 2.23. The van der Waals surface area contributed by atoms with Gasteiger partial charge in [0, 0.05) is 12.7 Å². The Morgan fingerprint density at radius 1 is 1.65 bits per heavy atom. The van der Waals surface area contributed by atoms with Gasteiger partial charge >= 0.3 is 6.09 Å². The molecule has 0 unspecified atom stereocenters. The fourth-order valence-corrected chi connectivity index (χ4v) is 1.52. The van der Waals surface area contributed by atoms with E-state index in [1.807, 2.05) is 13.8 Å². The molecule has 6 nitrogen and oxygen atoms in total. The zero-order valence-electron chi connectivity index (χ0n) is 9.29. The Morgan fingerprint density at radius 3 is 2.88 bits per heavy atom. The maximum absolute atomic E-state index is 10.4. The normalized spacial score (nSPS) is 11.1. The fraction of sp³-hybridized carbons (Fsp3) is 0.444. The number of hydrogen-bond acceptors (Lipinski definition) is 4. The van der Waals surface area contributed by atoms with Gasteiger partial charge in [0.2, 0.25) is 5.28 Å². The lowest BCUT2D eigenvalue weighted by Crippen LogP contribution is -2.44. The van der Waals surface area contributed by atoms with Crippen LogP contribution < -0.4 is 10.6 Å². The van der Waals surface area contributed by atoms with Crippen molar-refractivity contribution < 1.29 is 9.90 Å². The number of carbonyl (C=O) groups is 1. The fourth-order valence-electron chi connectivity index (χ4n) is 1.09. The number of halogens is 2. The van der Waals surface area contributed by atoms with Gasteiger partial charge in [-0.3, -0.25) is 0 Å². The molecule has 1 rings (SSSR count). The number of nitrogens with zero attached hydrogens (tertiary/aromatic N) is 2. The van der Waals surface area contributed by atoms with Gasteiger partial charge in [0.05, 0.1) is 10.0 Å². The maximum atomic E-state index is 10.4.